The molecule has 0 aliphatic carbocycles. The fourth-order valence-corrected chi connectivity index (χ4v) is 2.47. The number of phenolic OH excluding ortho intramolecular Hbond substituents is 1. The Bertz CT molecular complexity index is 695. The molecule has 0 aliphatic heterocycles. The Hall–Kier alpha value is -1.89. The van der Waals surface area contributed by atoms with E-state index in [2.05, 4.69) is 18.1 Å². The van der Waals surface area contributed by atoms with Crippen molar-refractivity contribution < 1.29 is 15.0 Å². The molecule has 2 amide bonds. The summed E-state index contributed by atoms with van der Waals surface area (Å²) in [5.74, 6) is -0.202. The Morgan fingerprint density at radius 2 is 2.00 bits per heavy atom. The van der Waals surface area contributed by atoms with Gasteiger partial charge in [-0.1, -0.05) is 54.7 Å². The van der Waals surface area contributed by atoms with E-state index in [0.717, 1.165) is 5.56 Å². The van der Waals surface area contributed by atoms with Crippen LogP contribution in [0.2, 0.25) is 5.02 Å². The molecule has 0 bridgehead atoms. The van der Waals surface area contributed by atoms with Gasteiger partial charge in [0.25, 0.3) is 0 Å². The quantitative estimate of drug-likeness (QED) is 0.497. The van der Waals surface area contributed by atoms with Crippen molar-refractivity contribution in [3.05, 3.63) is 58.6 Å². The van der Waals surface area contributed by atoms with Crippen molar-refractivity contribution in [2.45, 2.75) is 19.6 Å². The maximum Gasteiger partial charge on any atom is 0.331 e. The number of hydrogen-bond acceptors (Lipinski definition) is 4. The van der Waals surface area contributed by atoms with Crippen LogP contribution in [0.15, 0.2) is 42.5 Å². The van der Waals surface area contributed by atoms with Crippen molar-refractivity contribution >= 4 is 36.1 Å². The standard InChI is InChI=1S/C16H17ClN2O3S/c1-10(20)13-7-12(8-14(17)15(13)21)18-16(22)19(23)9-11-5-3-2-4-6-11/h2-8,10,20-21,23H,9H2,1H3,(H,18,22). The molecule has 0 saturated heterocycles. The summed E-state index contributed by atoms with van der Waals surface area (Å²) >= 11 is 10.1. The van der Waals surface area contributed by atoms with Crippen molar-refractivity contribution in [1.29, 1.82) is 0 Å². The fourth-order valence-electron chi connectivity index (χ4n) is 2.03. The highest BCUT2D eigenvalue weighted by Crippen LogP contribution is 2.35. The molecule has 1 atom stereocenters. The number of benzene rings is 2. The van der Waals surface area contributed by atoms with Crippen LogP contribution in [0, 0.1) is 0 Å². The van der Waals surface area contributed by atoms with Crippen molar-refractivity contribution in [1.82, 2.24) is 4.31 Å². The number of hydrogen-bond donors (Lipinski definition) is 4. The molecular weight excluding hydrogens is 336 g/mol. The van der Waals surface area contributed by atoms with Crippen molar-refractivity contribution in [3.63, 3.8) is 0 Å². The van der Waals surface area contributed by atoms with E-state index in [4.69, 9.17) is 11.6 Å². The van der Waals surface area contributed by atoms with Crippen LogP contribution in [0.25, 0.3) is 0 Å². The minimum atomic E-state index is -0.916. The number of nitrogens with one attached hydrogen (secondary N) is 1. The molecular formula is C16H17ClN2O3S. The Labute approximate surface area is 145 Å². The van der Waals surface area contributed by atoms with Gasteiger partial charge in [0.2, 0.25) is 0 Å². The molecule has 1 unspecified atom stereocenters. The molecule has 0 saturated carbocycles. The average Bonchev–Trinajstić information content (AvgIpc) is 2.51. The largest absolute Gasteiger partial charge is 0.506 e. The molecule has 0 spiro atoms. The molecule has 23 heavy (non-hydrogen) atoms. The zero-order valence-electron chi connectivity index (χ0n) is 12.4. The third-order valence-electron chi connectivity index (χ3n) is 3.20. The van der Waals surface area contributed by atoms with E-state index >= 15 is 0 Å². The summed E-state index contributed by atoms with van der Waals surface area (Å²) in [7, 11) is 0. The molecule has 3 N–H and O–H groups in total. The number of urea groups is 1. The van der Waals surface area contributed by atoms with Crippen LogP contribution in [-0.4, -0.2) is 20.5 Å². The zero-order chi connectivity index (χ0) is 17.0. The number of phenols is 1. The van der Waals surface area contributed by atoms with Crippen LogP contribution < -0.4 is 5.32 Å². The number of aliphatic hydroxyl groups excluding tert-OH is 1. The summed E-state index contributed by atoms with van der Waals surface area (Å²) < 4.78 is 1.22. The third-order valence-corrected chi connectivity index (χ3v) is 3.82. The maximum atomic E-state index is 12.2. The lowest BCUT2D eigenvalue weighted by molar-refractivity contribution is 0.195. The first-order chi connectivity index (χ1) is 10.9. The van der Waals surface area contributed by atoms with Gasteiger partial charge in [-0.3, -0.25) is 4.31 Å². The number of rotatable bonds is 4. The first kappa shape index (κ1) is 17.5. The van der Waals surface area contributed by atoms with E-state index in [1.807, 2.05) is 30.3 Å². The fraction of sp³-hybridized carbons (Fsp3) is 0.188. The van der Waals surface area contributed by atoms with Gasteiger partial charge in [-0.2, -0.15) is 0 Å². The number of thiol groups is 1. The molecule has 7 heteroatoms. The summed E-state index contributed by atoms with van der Waals surface area (Å²) in [5.41, 5.74) is 1.54. The molecule has 0 fully saturated rings. The van der Waals surface area contributed by atoms with Gasteiger partial charge in [0.1, 0.15) is 5.75 Å². The lowest BCUT2D eigenvalue weighted by Gasteiger charge is -2.18. The second kappa shape index (κ2) is 7.59. The Balaban J connectivity index is 2.10. The normalized spacial score (nSPS) is 11.8. The highest BCUT2D eigenvalue weighted by atomic mass is 35.5. The Kier molecular flexibility index (Phi) is 5.76. The topological polar surface area (TPSA) is 72.8 Å². The number of aliphatic hydroxyl groups is 1. The van der Waals surface area contributed by atoms with Gasteiger partial charge in [-0.25, -0.2) is 4.79 Å². The van der Waals surface area contributed by atoms with Gasteiger partial charge in [0, 0.05) is 11.3 Å². The van der Waals surface area contributed by atoms with Gasteiger partial charge in [-0.05, 0) is 24.6 Å². The second-order valence-electron chi connectivity index (χ2n) is 5.05. The minimum Gasteiger partial charge on any atom is -0.506 e. The number of anilines is 1. The molecule has 2 aromatic rings. The van der Waals surface area contributed by atoms with E-state index in [1.54, 1.807) is 0 Å². The summed E-state index contributed by atoms with van der Waals surface area (Å²) in [6.45, 7) is 1.82. The van der Waals surface area contributed by atoms with Crippen molar-refractivity contribution in [3.8, 4) is 5.75 Å². The monoisotopic (exact) mass is 352 g/mol. The molecule has 2 rings (SSSR count). The van der Waals surface area contributed by atoms with Crippen molar-refractivity contribution in [2.75, 3.05) is 5.32 Å². The minimum absolute atomic E-state index is 0.0486. The molecule has 2 aromatic carbocycles. The molecule has 5 nitrogen and oxygen atoms in total. The number of carbonyl (C=O) groups excluding carboxylic acids is 1. The predicted octanol–water partition coefficient (Wildman–Crippen LogP) is 3.98. The van der Waals surface area contributed by atoms with Crippen LogP contribution in [0.1, 0.15) is 24.2 Å². The number of nitrogens with zero attached hydrogens (tertiary/aromatic N) is 1. The number of halogens is 1. The molecule has 122 valence electrons. The average molecular weight is 353 g/mol. The van der Waals surface area contributed by atoms with E-state index in [0.29, 0.717) is 12.2 Å². The van der Waals surface area contributed by atoms with Gasteiger partial charge in [0.15, 0.2) is 0 Å². The van der Waals surface area contributed by atoms with Crippen LogP contribution in [0.3, 0.4) is 0 Å². The van der Waals surface area contributed by atoms with Gasteiger partial charge < -0.3 is 15.5 Å². The molecule has 0 radical (unpaired) electrons. The van der Waals surface area contributed by atoms with Crippen LogP contribution in [0.4, 0.5) is 10.5 Å². The smallest absolute Gasteiger partial charge is 0.331 e. The maximum absolute atomic E-state index is 12.2. The van der Waals surface area contributed by atoms with Crippen LogP contribution in [-0.2, 0) is 6.54 Å². The van der Waals surface area contributed by atoms with Crippen molar-refractivity contribution in [2.24, 2.45) is 0 Å². The number of aromatic hydroxyl groups is 1. The highest BCUT2D eigenvalue weighted by molar-refractivity contribution is 7.78. The van der Waals surface area contributed by atoms with Crippen LogP contribution >= 0.6 is 24.4 Å². The van der Waals surface area contributed by atoms with E-state index in [1.165, 1.54) is 23.4 Å². The Morgan fingerprint density at radius 1 is 1.35 bits per heavy atom. The van der Waals surface area contributed by atoms with Gasteiger partial charge in [0.05, 0.1) is 17.7 Å². The summed E-state index contributed by atoms with van der Waals surface area (Å²) in [5, 5.41) is 22.1. The lowest BCUT2D eigenvalue weighted by Crippen LogP contribution is -2.26. The molecule has 0 aliphatic rings. The second-order valence-corrected chi connectivity index (χ2v) is 5.94. The number of amides is 2. The first-order valence-corrected chi connectivity index (χ1v) is 7.68. The van der Waals surface area contributed by atoms with E-state index < -0.39 is 12.1 Å². The van der Waals surface area contributed by atoms with E-state index in [-0.39, 0.29) is 16.3 Å². The number of carbonyl (C=O) groups is 1. The SMILES string of the molecule is CC(O)c1cc(NC(=O)N(S)Cc2ccccc2)cc(Cl)c1O. The summed E-state index contributed by atoms with van der Waals surface area (Å²) in [4.78, 5) is 12.2. The third kappa shape index (κ3) is 4.54. The van der Waals surface area contributed by atoms with E-state index in [9.17, 15) is 15.0 Å². The highest BCUT2D eigenvalue weighted by Gasteiger charge is 2.16. The predicted molar refractivity (Wildman–Crippen MR) is 93.7 cm³/mol. The molecule has 0 aromatic heterocycles. The van der Waals surface area contributed by atoms with Gasteiger partial charge >= 0.3 is 6.03 Å². The first-order valence-electron chi connectivity index (χ1n) is 6.90. The zero-order valence-corrected chi connectivity index (χ0v) is 14.1. The Morgan fingerprint density at radius 3 is 2.61 bits per heavy atom. The molecule has 0 heterocycles. The summed E-state index contributed by atoms with van der Waals surface area (Å²) in [6.07, 6.45) is -0.916. The summed E-state index contributed by atoms with van der Waals surface area (Å²) in [6, 6.07) is 11.9. The van der Waals surface area contributed by atoms with Gasteiger partial charge in [-0.15, -0.1) is 0 Å². The lowest BCUT2D eigenvalue weighted by atomic mass is 10.1. The van der Waals surface area contributed by atoms with Crippen LogP contribution in [0.5, 0.6) is 5.75 Å².